The predicted molar refractivity (Wildman–Crippen MR) is 126 cm³/mol. The van der Waals surface area contributed by atoms with Crippen molar-refractivity contribution in [3.63, 3.8) is 0 Å². The van der Waals surface area contributed by atoms with Gasteiger partial charge in [-0.1, -0.05) is 30.5 Å². The van der Waals surface area contributed by atoms with Crippen LogP contribution in [-0.4, -0.2) is 34.4 Å². The van der Waals surface area contributed by atoms with Crippen molar-refractivity contribution in [3.05, 3.63) is 76.1 Å². The standard InChI is InChI=1S/C24H26N4O2S/c1-16-14-19(21-6-4-5-7-22(21)25-16)15-30-20-10-8-18(9-11-20)24(29)28(3)13-12-23-27-26-17(2)31-23/h4,6,8-11,14,26H,2,5,7,12-13,15H2,1,3H3. The largest absolute Gasteiger partial charge is 0.489 e. The van der Waals surface area contributed by atoms with Crippen LogP contribution < -0.4 is 10.2 Å². The van der Waals surface area contributed by atoms with Gasteiger partial charge in [0.1, 0.15) is 17.4 Å². The Morgan fingerprint density at radius 2 is 2.13 bits per heavy atom. The Kier molecular flexibility index (Phi) is 6.42. The van der Waals surface area contributed by atoms with E-state index >= 15 is 0 Å². The van der Waals surface area contributed by atoms with Gasteiger partial charge in [0, 0.05) is 48.1 Å². The number of amides is 1. The van der Waals surface area contributed by atoms with E-state index < -0.39 is 0 Å². The molecule has 0 atom stereocenters. The number of hydrogen-bond donors (Lipinski definition) is 1. The lowest BCUT2D eigenvalue weighted by molar-refractivity contribution is 0.0799. The monoisotopic (exact) mass is 434 g/mol. The van der Waals surface area contributed by atoms with Crippen molar-refractivity contribution in [1.82, 2.24) is 15.3 Å². The number of hydrogen-bond acceptors (Lipinski definition) is 6. The van der Waals surface area contributed by atoms with Gasteiger partial charge in [-0.05, 0) is 50.1 Å². The van der Waals surface area contributed by atoms with Crippen molar-refractivity contribution >= 4 is 28.8 Å². The Labute approximate surface area is 187 Å². The summed E-state index contributed by atoms with van der Waals surface area (Å²) in [6.45, 7) is 6.91. The third kappa shape index (κ3) is 5.17. The van der Waals surface area contributed by atoms with E-state index in [1.54, 1.807) is 11.9 Å². The van der Waals surface area contributed by atoms with E-state index in [0.29, 0.717) is 25.1 Å². The molecule has 1 aliphatic carbocycles. The summed E-state index contributed by atoms with van der Waals surface area (Å²) in [4.78, 5) is 19.1. The average molecular weight is 435 g/mol. The number of allylic oxidation sites excluding steroid dienone is 1. The molecule has 2 aliphatic rings. The molecule has 6 nitrogen and oxygen atoms in total. The summed E-state index contributed by atoms with van der Waals surface area (Å²) in [5.74, 6) is 0.717. The van der Waals surface area contributed by atoms with Crippen molar-refractivity contribution < 1.29 is 9.53 Å². The van der Waals surface area contributed by atoms with Crippen molar-refractivity contribution in [2.45, 2.75) is 32.8 Å². The van der Waals surface area contributed by atoms with Crippen molar-refractivity contribution in [2.24, 2.45) is 5.10 Å². The number of hydrazone groups is 1. The highest BCUT2D eigenvalue weighted by Gasteiger charge is 2.16. The highest BCUT2D eigenvalue weighted by molar-refractivity contribution is 8.17. The molecule has 1 amide bonds. The van der Waals surface area contributed by atoms with Gasteiger partial charge in [0.25, 0.3) is 5.91 Å². The summed E-state index contributed by atoms with van der Waals surface area (Å²) in [5, 5.41) is 5.94. The van der Waals surface area contributed by atoms with Crippen LogP contribution in [0.25, 0.3) is 6.08 Å². The first kappa shape index (κ1) is 21.2. The highest BCUT2D eigenvalue weighted by Crippen LogP contribution is 2.24. The van der Waals surface area contributed by atoms with Gasteiger partial charge < -0.3 is 9.64 Å². The van der Waals surface area contributed by atoms with Crippen LogP contribution in [0, 0.1) is 6.92 Å². The van der Waals surface area contributed by atoms with Gasteiger partial charge in [0.2, 0.25) is 0 Å². The number of aromatic nitrogens is 1. The van der Waals surface area contributed by atoms with E-state index in [1.165, 1.54) is 17.3 Å². The fraction of sp³-hybridized carbons (Fsp3) is 0.292. The summed E-state index contributed by atoms with van der Waals surface area (Å²) in [6, 6.07) is 9.41. The summed E-state index contributed by atoms with van der Waals surface area (Å²) in [5.41, 5.74) is 7.95. The van der Waals surface area contributed by atoms with Gasteiger partial charge in [-0.2, -0.15) is 5.10 Å². The van der Waals surface area contributed by atoms with E-state index in [0.717, 1.165) is 45.6 Å². The number of ether oxygens (including phenoxy) is 1. The lowest BCUT2D eigenvalue weighted by Gasteiger charge is -2.17. The van der Waals surface area contributed by atoms with Crippen LogP contribution >= 0.6 is 11.8 Å². The Morgan fingerprint density at radius 1 is 1.32 bits per heavy atom. The van der Waals surface area contributed by atoms with Crippen LogP contribution in [0.5, 0.6) is 5.75 Å². The number of thioether (sulfide) groups is 1. The average Bonchev–Trinajstić information content (AvgIpc) is 3.20. The Hall–Kier alpha value is -3.06. The number of nitrogens with one attached hydrogen (secondary N) is 1. The number of pyridine rings is 1. The molecule has 160 valence electrons. The molecule has 1 N–H and O–H groups in total. The number of carbonyl (C=O) groups is 1. The molecule has 31 heavy (non-hydrogen) atoms. The second-order valence-corrected chi connectivity index (χ2v) is 8.82. The van der Waals surface area contributed by atoms with Crippen LogP contribution in [-0.2, 0) is 13.0 Å². The number of fused-ring (bicyclic) bond motifs is 1. The van der Waals surface area contributed by atoms with Crippen molar-refractivity contribution in [2.75, 3.05) is 13.6 Å². The van der Waals surface area contributed by atoms with Crippen LogP contribution in [0.4, 0.5) is 0 Å². The first-order chi connectivity index (χ1) is 15.0. The third-order valence-corrected chi connectivity index (χ3v) is 6.10. The SMILES string of the molecule is C=C1NN=C(CCN(C)C(=O)c2ccc(OCc3cc(C)nc4c3C=CCC4)cc2)S1. The molecular weight excluding hydrogens is 408 g/mol. The first-order valence-electron chi connectivity index (χ1n) is 10.3. The molecule has 0 fully saturated rings. The van der Waals surface area contributed by atoms with E-state index in [-0.39, 0.29) is 5.91 Å². The molecule has 0 spiro atoms. The fourth-order valence-electron chi connectivity index (χ4n) is 3.61. The molecule has 2 heterocycles. The Morgan fingerprint density at radius 3 is 2.87 bits per heavy atom. The zero-order valence-corrected chi connectivity index (χ0v) is 18.7. The summed E-state index contributed by atoms with van der Waals surface area (Å²) < 4.78 is 6.01. The number of nitrogens with zero attached hydrogens (tertiary/aromatic N) is 3. The predicted octanol–water partition coefficient (Wildman–Crippen LogP) is 4.51. The van der Waals surface area contributed by atoms with Crippen LogP contribution in [0.15, 0.2) is 53.1 Å². The quantitative estimate of drug-likeness (QED) is 0.694. The number of aryl methyl sites for hydroxylation is 2. The second-order valence-electron chi connectivity index (χ2n) is 7.66. The lowest BCUT2D eigenvalue weighted by Crippen LogP contribution is -2.28. The molecule has 0 unspecified atom stereocenters. The van der Waals surface area contributed by atoms with Crippen molar-refractivity contribution in [1.29, 1.82) is 0 Å². The molecule has 0 saturated heterocycles. The van der Waals surface area contributed by atoms with E-state index in [9.17, 15) is 4.79 Å². The first-order valence-corrected chi connectivity index (χ1v) is 11.1. The highest BCUT2D eigenvalue weighted by atomic mass is 32.2. The molecule has 0 bridgehead atoms. The molecule has 1 aliphatic heterocycles. The van der Waals surface area contributed by atoms with Gasteiger partial charge in [0.15, 0.2) is 0 Å². The topological polar surface area (TPSA) is 66.8 Å². The molecule has 7 heteroatoms. The maximum atomic E-state index is 12.7. The zero-order chi connectivity index (χ0) is 21.8. The Balaban J connectivity index is 1.34. The molecule has 1 aromatic heterocycles. The number of benzene rings is 1. The summed E-state index contributed by atoms with van der Waals surface area (Å²) >= 11 is 1.51. The second kappa shape index (κ2) is 9.39. The lowest BCUT2D eigenvalue weighted by atomic mass is 9.97. The van der Waals surface area contributed by atoms with Crippen LogP contribution in [0.1, 0.15) is 45.7 Å². The smallest absolute Gasteiger partial charge is 0.253 e. The number of carbonyl (C=O) groups excluding carboxylic acids is 1. The van der Waals surface area contributed by atoms with Gasteiger partial charge in [-0.15, -0.1) is 0 Å². The Bertz CT molecular complexity index is 1060. The molecule has 0 saturated carbocycles. The summed E-state index contributed by atoms with van der Waals surface area (Å²) in [6.07, 6.45) is 7.03. The van der Waals surface area contributed by atoms with Gasteiger partial charge >= 0.3 is 0 Å². The maximum absolute atomic E-state index is 12.7. The molecule has 0 radical (unpaired) electrons. The van der Waals surface area contributed by atoms with E-state index in [4.69, 9.17) is 4.74 Å². The van der Waals surface area contributed by atoms with Crippen LogP contribution in [0.3, 0.4) is 0 Å². The minimum atomic E-state index is -0.0223. The third-order valence-electron chi connectivity index (χ3n) is 5.23. The van der Waals surface area contributed by atoms with Gasteiger partial charge in [-0.25, -0.2) is 0 Å². The zero-order valence-electron chi connectivity index (χ0n) is 17.9. The van der Waals surface area contributed by atoms with Crippen molar-refractivity contribution in [3.8, 4) is 5.75 Å². The summed E-state index contributed by atoms with van der Waals surface area (Å²) in [7, 11) is 1.80. The molecule has 4 rings (SSSR count). The normalized spacial score (nSPS) is 14.6. The van der Waals surface area contributed by atoms with Crippen LogP contribution in [0.2, 0.25) is 0 Å². The van der Waals surface area contributed by atoms with E-state index in [2.05, 4.69) is 40.3 Å². The fourth-order valence-corrected chi connectivity index (χ4v) is 4.28. The molecule has 1 aromatic carbocycles. The van der Waals surface area contributed by atoms with Gasteiger partial charge in [0.05, 0.1) is 5.03 Å². The molecular formula is C24H26N4O2S. The maximum Gasteiger partial charge on any atom is 0.253 e. The van der Waals surface area contributed by atoms with E-state index in [1.807, 2.05) is 31.2 Å². The molecule has 2 aromatic rings. The minimum Gasteiger partial charge on any atom is -0.489 e. The van der Waals surface area contributed by atoms with Gasteiger partial charge in [-0.3, -0.25) is 15.2 Å². The minimum absolute atomic E-state index is 0.0223. The number of rotatable bonds is 7.